The predicted molar refractivity (Wildman–Crippen MR) is 135 cm³/mol. The topological polar surface area (TPSA) is 80.5 Å². The van der Waals surface area contributed by atoms with Gasteiger partial charge >= 0.3 is 6.03 Å². The molecular weight excluding hydrogens is 464 g/mol. The second-order valence-electron chi connectivity index (χ2n) is 8.26. The molecule has 1 aliphatic heterocycles. The van der Waals surface area contributed by atoms with Gasteiger partial charge in [0.2, 0.25) is 5.82 Å². The summed E-state index contributed by atoms with van der Waals surface area (Å²) < 4.78 is 11.0. The van der Waals surface area contributed by atoms with Gasteiger partial charge < -0.3 is 14.6 Å². The summed E-state index contributed by atoms with van der Waals surface area (Å²) in [4.78, 5) is 19.6. The summed E-state index contributed by atoms with van der Waals surface area (Å²) in [7, 11) is 1.60. The van der Waals surface area contributed by atoms with Gasteiger partial charge in [0.1, 0.15) is 5.75 Å². The highest BCUT2D eigenvalue weighted by atomic mass is 35.5. The van der Waals surface area contributed by atoms with Gasteiger partial charge in [0, 0.05) is 16.3 Å². The lowest BCUT2D eigenvalue weighted by Gasteiger charge is -2.35. The minimum Gasteiger partial charge on any atom is -0.497 e. The summed E-state index contributed by atoms with van der Waals surface area (Å²) in [6.07, 6.45) is 0. The van der Waals surface area contributed by atoms with Crippen molar-refractivity contribution in [3.8, 4) is 17.1 Å². The van der Waals surface area contributed by atoms with Crippen LogP contribution in [0.3, 0.4) is 0 Å². The third kappa shape index (κ3) is 4.38. The van der Waals surface area contributed by atoms with E-state index in [-0.39, 0.29) is 6.03 Å². The van der Waals surface area contributed by atoms with Crippen molar-refractivity contribution in [2.75, 3.05) is 12.0 Å². The number of nitrogens with one attached hydrogen (secondary N) is 1. The number of aromatic nitrogens is 2. The molecule has 2 amide bonds. The molecule has 2 heterocycles. The van der Waals surface area contributed by atoms with Gasteiger partial charge in [-0.2, -0.15) is 4.98 Å². The average molecular weight is 487 g/mol. The summed E-state index contributed by atoms with van der Waals surface area (Å²) in [5, 5.41) is 7.87. The van der Waals surface area contributed by atoms with Gasteiger partial charge in [0.25, 0.3) is 5.89 Å². The van der Waals surface area contributed by atoms with Crippen molar-refractivity contribution in [1.82, 2.24) is 15.5 Å². The highest BCUT2D eigenvalue weighted by Crippen LogP contribution is 2.39. The van der Waals surface area contributed by atoms with Crippen LogP contribution in [-0.4, -0.2) is 23.3 Å². The van der Waals surface area contributed by atoms with Gasteiger partial charge in [-0.15, -0.1) is 0 Å². The normalized spacial score (nSPS) is 15.8. The van der Waals surface area contributed by atoms with E-state index >= 15 is 0 Å². The first-order valence-corrected chi connectivity index (χ1v) is 11.4. The Kier molecular flexibility index (Phi) is 6.01. The molecule has 0 saturated carbocycles. The molecule has 8 heteroatoms. The maximum absolute atomic E-state index is 13.3. The van der Waals surface area contributed by atoms with E-state index in [0.29, 0.717) is 39.4 Å². The molecule has 1 aliphatic rings. The van der Waals surface area contributed by atoms with Crippen LogP contribution in [0.5, 0.6) is 5.75 Å². The zero-order chi connectivity index (χ0) is 24.5. The van der Waals surface area contributed by atoms with Crippen molar-refractivity contribution < 1.29 is 14.1 Å². The number of ether oxygens (including phenoxy) is 1. The lowest BCUT2D eigenvalue weighted by Crippen LogP contribution is -2.46. The molecule has 0 spiro atoms. The van der Waals surface area contributed by atoms with Crippen LogP contribution >= 0.6 is 11.6 Å². The van der Waals surface area contributed by atoms with Gasteiger partial charge in [0.15, 0.2) is 0 Å². The highest BCUT2D eigenvalue weighted by molar-refractivity contribution is 6.30. The second-order valence-corrected chi connectivity index (χ2v) is 8.70. The Morgan fingerprint density at radius 3 is 2.46 bits per heavy atom. The van der Waals surface area contributed by atoms with E-state index in [0.717, 1.165) is 16.7 Å². The third-order valence-electron chi connectivity index (χ3n) is 5.96. The van der Waals surface area contributed by atoms with E-state index in [9.17, 15) is 4.79 Å². The van der Waals surface area contributed by atoms with Gasteiger partial charge in [0.05, 0.1) is 24.4 Å². The SMILES string of the molecule is COc1ccc(N2C(=O)NC(c3cccc(Cl)c3)C(c3nc(-c4ccc(C)cc4)no3)=C2C)cc1. The molecular formula is C27H23ClN4O3. The fraction of sp³-hybridized carbons (Fsp3) is 0.148. The van der Waals surface area contributed by atoms with Crippen LogP contribution in [0.1, 0.15) is 30.0 Å². The fourth-order valence-electron chi connectivity index (χ4n) is 4.15. The van der Waals surface area contributed by atoms with E-state index in [1.807, 2.05) is 68.4 Å². The first kappa shape index (κ1) is 22.7. The molecule has 1 aromatic heterocycles. The summed E-state index contributed by atoms with van der Waals surface area (Å²) >= 11 is 6.28. The van der Waals surface area contributed by atoms with Gasteiger partial charge in [-0.25, -0.2) is 4.79 Å². The molecule has 4 aromatic rings. The summed E-state index contributed by atoms with van der Waals surface area (Å²) in [6, 6.07) is 21.7. The van der Waals surface area contributed by atoms with Crippen molar-refractivity contribution >= 4 is 28.9 Å². The molecule has 176 valence electrons. The van der Waals surface area contributed by atoms with Gasteiger partial charge in [-0.05, 0) is 55.8 Å². The van der Waals surface area contributed by atoms with Crippen LogP contribution in [-0.2, 0) is 0 Å². The highest BCUT2D eigenvalue weighted by Gasteiger charge is 2.36. The van der Waals surface area contributed by atoms with Gasteiger partial charge in [-0.3, -0.25) is 4.90 Å². The Labute approximate surface area is 208 Å². The van der Waals surface area contributed by atoms with Crippen LogP contribution in [0.25, 0.3) is 17.0 Å². The number of rotatable bonds is 5. The monoisotopic (exact) mass is 486 g/mol. The average Bonchev–Trinajstić information content (AvgIpc) is 3.34. The quantitative estimate of drug-likeness (QED) is 0.352. The van der Waals surface area contributed by atoms with Crippen LogP contribution in [0.15, 0.2) is 83.0 Å². The van der Waals surface area contributed by atoms with Crippen molar-refractivity contribution in [2.45, 2.75) is 19.9 Å². The number of methoxy groups -OCH3 is 1. The number of hydrogen-bond donors (Lipinski definition) is 1. The summed E-state index contributed by atoms with van der Waals surface area (Å²) in [5.41, 5.74) is 4.83. The molecule has 3 aromatic carbocycles. The number of aryl methyl sites for hydroxylation is 1. The van der Waals surface area contributed by atoms with Crippen molar-refractivity contribution in [2.24, 2.45) is 0 Å². The Morgan fingerprint density at radius 2 is 1.77 bits per heavy atom. The molecule has 0 radical (unpaired) electrons. The van der Waals surface area contributed by atoms with Crippen LogP contribution in [0.2, 0.25) is 5.02 Å². The Bertz CT molecular complexity index is 1410. The number of benzene rings is 3. The predicted octanol–water partition coefficient (Wildman–Crippen LogP) is 6.41. The number of carbonyl (C=O) groups is 1. The Balaban J connectivity index is 1.64. The molecule has 0 bridgehead atoms. The van der Waals surface area contributed by atoms with E-state index in [2.05, 4.69) is 10.5 Å². The molecule has 1 unspecified atom stereocenters. The third-order valence-corrected chi connectivity index (χ3v) is 6.20. The van der Waals surface area contributed by atoms with Crippen molar-refractivity contribution in [3.05, 3.63) is 101 Å². The molecule has 1 atom stereocenters. The molecule has 7 nitrogen and oxygen atoms in total. The number of carbonyl (C=O) groups excluding carboxylic acids is 1. The second kappa shape index (κ2) is 9.27. The number of amides is 2. The molecule has 5 rings (SSSR count). The Morgan fingerprint density at radius 1 is 1.03 bits per heavy atom. The van der Waals surface area contributed by atoms with Crippen LogP contribution in [0, 0.1) is 6.92 Å². The minimum atomic E-state index is -0.526. The maximum Gasteiger partial charge on any atom is 0.326 e. The first-order chi connectivity index (χ1) is 16.9. The van der Waals surface area contributed by atoms with Crippen LogP contribution in [0.4, 0.5) is 10.5 Å². The number of urea groups is 1. The molecule has 35 heavy (non-hydrogen) atoms. The Hall–Kier alpha value is -4.10. The maximum atomic E-state index is 13.3. The van der Waals surface area contributed by atoms with E-state index in [1.165, 1.54) is 0 Å². The molecule has 0 aliphatic carbocycles. The lowest BCUT2D eigenvalue weighted by atomic mass is 9.94. The summed E-state index contributed by atoms with van der Waals surface area (Å²) in [6.45, 7) is 3.89. The van der Waals surface area contributed by atoms with Gasteiger partial charge in [-0.1, -0.05) is 58.7 Å². The lowest BCUT2D eigenvalue weighted by molar-refractivity contribution is 0.244. The molecule has 1 N–H and O–H groups in total. The molecule has 0 fully saturated rings. The van der Waals surface area contributed by atoms with Crippen molar-refractivity contribution in [1.29, 1.82) is 0 Å². The first-order valence-electron chi connectivity index (χ1n) is 11.1. The zero-order valence-corrected chi connectivity index (χ0v) is 20.2. The van der Waals surface area contributed by atoms with E-state index < -0.39 is 6.04 Å². The van der Waals surface area contributed by atoms with E-state index in [4.69, 9.17) is 25.8 Å². The van der Waals surface area contributed by atoms with E-state index in [1.54, 1.807) is 30.2 Å². The minimum absolute atomic E-state index is 0.278. The summed E-state index contributed by atoms with van der Waals surface area (Å²) in [5.74, 6) is 1.49. The number of halogens is 1. The molecule has 0 saturated heterocycles. The number of anilines is 1. The van der Waals surface area contributed by atoms with Crippen molar-refractivity contribution in [3.63, 3.8) is 0 Å². The fourth-order valence-corrected chi connectivity index (χ4v) is 4.35. The largest absolute Gasteiger partial charge is 0.497 e. The number of nitrogens with zero attached hydrogens (tertiary/aromatic N) is 3. The standard InChI is InChI=1S/C27H23ClN4O3/c1-16-7-9-18(10-8-16)25-30-26(35-31-25)23-17(2)32(21-11-13-22(34-3)14-12-21)27(33)29-24(23)19-5-4-6-20(28)15-19/h4-15,24H,1-3H3,(H,29,33). The number of allylic oxidation sites excluding steroid dienone is 1. The smallest absolute Gasteiger partial charge is 0.326 e. The number of hydrogen-bond acceptors (Lipinski definition) is 5. The van der Waals surface area contributed by atoms with Crippen LogP contribution < -0.4 is 15.0 Å². The zero-order valence-electron chi connectivity index (χ0n) is 19.4.